The predicted octanol–water partition coefficient (Wildman–Crippen LogP) is 2.51. The molecule has 1 N–H and O–H groups in total. The van der Waals surface area contributed by atoms with Gasteiger partial charge in [-0.1, -0.05) is 0 Å². The van der Waals surface area contributed by atoms with E-state index >= 15 is 0 Å². The lowest BCUT2D eigenvalue weighted by Crippen LogP contribution is -2.38. The molecule has 1 aliphatic rings. The smallest absolute Gasteiger partial charge is 0.195 e. The summed E-state index contributed by atoms with van der Waals surface area (Å²) < 4.78 is 7.33. The highest BCUT2D eigenvalue weighted by atomic mass is 32.1. The maximum atomic E-state index is 5.10. The van der Waals surface area contributed by atoms with Crippen LogP contribution in [0.4, 0.5) is 5.82 Å². The molecule has 0 amide bonds. The Morgan fingerprint density at radius 3 is 3.19 bits per heavy atom. The van der Waals surface area contributed by atoms with Gasteiger partial charge in [0.1, 0.15) is 0 Å². The fourth-order valence-corrected chi connectivity index (χ4v) is 3.74. The van der Waals surface area contributed by atoms with Gasteiger partial charge in [-0.2, -0.15) is 0 Å². The number of hydrogen-bond donors (Lipinski definition) is 1. The van der Waals surface area contributed by atoms with Gasteiger partial charge >= 0.3 is 0 Å². The van der Waals surface area contributed by atoms with E-state index in [1.807, 2.05) is 0 Å². The van der Waals surface area contributed by atoms with E-state index < -0.39 is 0 Å². The minimum Gasteiger partial charge on any atom is -0.383 e. The van der Waals surface area contributed by atoms with Crippen molar-refractivity contribution in [2.75, 3.05) is 31.7 Å². The minimum atomic E-state index is 0.584. The van der Waals surface area contributed by atoms with Crippen LogP contribution in [0.25, 0.3) is 4.96 Å². The second-order valence-corrected chi connectivity index (χ2v) is 6.52. The number of nitrogens with one attached hydrogen (secondary N) is 1. The lowest BCUT2D eigenvalue weighted by atomic mass is 10.0. The Labute approximate surface area is 129 Å². The van der Waals surface area contributed by atoms with Crippen molar-refractivity contribution < 1.29 is 4.74 Å². The second kappa shape index (κ2) is 6.77. The molecule has 5 nitrogen and oxygen atoms in total. The third-order valence-corrected chi connectivity index (χ3v) is 4.95. The normalized spacial score (nSPS) is 19.5. The number of rotatable bonds is 6. The number of hydrogen-bond acceptors (Lipinski definition) is 5. The molecule has 0 aliphatic carbocycles. The van der Waals surface area contributed by atoms with E-state index in [-0.39, 0.29) is 0 Å². The van der Waals surface area contributed by atoms with Crippen molar-refractivity contribution in [3.05, 3.63) is 17.3 Å². The van der Waals surface area contributed by atoms with E-state index in [0.717, 1.165) is 31.2 Å². The zero-order chi connectivity index (χ0) is 14.7. The zero-order valence-corrected chi connectivity index (χ0v) is 13.7. The van der Waals surface area contributed by atoms with Crippen LogP contribution in [0.15, 0.2) is 11.6 Å². The summed E-state index contributed by atoms with van der Waals surface area (Å²) in [6, 6.07) is 0.584. The molecule has 0 aromatic carbocycles. The first-order chi connectivity index (χ1) is 10.3. The first kappa shape index (κ1) is 14.8. The van der Waals surface area contributed by atoms with Gasteiger partial charge in [0.15, 0.2) is 10.8 Å². The fourth-order valence-electron chi connectivity index (χ4n) is 3.01. The van der Waals surface area contributed by atoms with Crippen LogP contribution in [-0.2, 0) is 11.3 Å². The topological polar surface area (TPSA) is 41.8 Å². The summed E-state index contributed by atoms with van der Waals surface area (Å²) in [7, 11) is 1.73. The van der Waals surface area contributed by atoms with Gasteiger partial charge < -0.3 is 15.0 Å². The molecule has 2 aromatic heterocycles. The first-order valence-electron chi connectivity index (χ1n) is 7.72. The van der Waals surface area contributed by atoms with E-state index in [1.54, 1.807) is 18.4 Å². The van der Waals surface area contributed by atoms with Gasteiger partial charge in [0.2, 0.25) is 0 Å². The molecule has 0 spiro atoms. The van der Waals surface area contributed by atoms with E-state index in [1.165, 1.54) is 30.8 Å². The molecule has 2 aromatic rings. The number of fused-ring (bicyclic) bond motifs is 1. The van der Waals surface area contributed by atoms with E-state index in [4.69, 9.17) is 9.72 Å². The Morgan fingerprint density at radius 1 is 1.48 bits per heavy atom. The van der Waals surface area contributed by atoms with Gasteiger partial charge in [0.25, 0.3) is 0 Å². The summed E-state index contributed by atoms with van der Waals surface area (Å²) in [6.45, 7) is 5.87. The molecule has 3 rings (SSSR count). The average molecular weight is 308 g/mol. The Morgan fingerprint density at radius 2 is 2.38 bits per heavy atom. The van der Waals surface area contributed by atoms with Crippen LogP contribution < -0.4 is 10.2 Å². The summed E-state index contributed by atoms with van der Waals surface area (Å²) in [5, 5.41) is 5.56. The number of thiazole rings is 1. The molecule has 0 bridgehead atoms. The number of nitrogens with zero attached hydrogens (tertiary/aromatic N) is 3. The summed E-state index contributed by atoms with van der Waals surface area (Å²) in [4.78, 5) is 8.45. The highest BCUT2D eigenvalue weighted by molar-refractivity contribution is 7.15. The van der Waals surface area contributed by atoms with Gasteiger partial charge in [-0.3, -0.25) is 4.40 Å². The van der Waals surface area contributed by atoms with Crippen LogP contribution in [0.3, 0.4) is 0 Å². The number of piperidine rings is 1. The van der Waals surface area contributed by atoms with Crippen LogP contribution in [0, 0.1) is 0 Å². The van der Waals surface area contributed by atoms with Crippen molar-refractivity contribution >= 4 is 22.1 Å². The summed E-state index contributed by atoms with van der Waals surface area (Å²) in [5.74, 6) is 1.17. The quantitative estimate of drug-likeness (QED) is 0.833. The average Bonchev–Trinajstić information content (AvgIpc) is 3.06. The van der Waals surface area contributed by atoms with Gasteiger partial charge in [0, 0.05) is 44.4 Å². The molecule has 1 saturated heterocycles. The summed E-state index contributed by atoms with van der Waals surface area (Å²) >= 11 is 1.70. The monoisotopic (exact) mass is 308 g/mol. The van der Waals surface area contributed by atoms with E-state index in [0.29, 0.717) is 6.04 Å². The minimum absolute atomic E-state index is 0.584. The summed E-state index contributed by atoms with van der Waals surface area (Å²) in [5.41, 5.74) is 1.27. The number of aromatic nitrogens is 2. The molecular formula is C15H24N4OS. The third-order valence-electron chi connectivity index (χ3n) is 4.19. The van der Waals surface area contributed by atoms with Crippen LogP contribution in [0.5, 0.6) is 0 Å². The Bertz CT molecular complexity index is 579. The SMILES string of the molecule is COCCNCc1c(N2CCCCC2C)nc2sccn12. The lowest BCUT2D eigenvalue weighted by Gasteiger charge is -2.34. The second-order valence-electron chi connectivity index (χ2n) is 5.65. The maximum absolute atomic E-state index is 5.10. The molecular weight excluding hydrogens is 284 g/mol. The molecule has 1 atom stereocenters. The molecule has 116 valence electrons. The van der Waals surface area contributed by atoms with Gasteiger partial charge in [0.05, 0.1) is 12.3 Å². The number of ether oxygens (including phenoxy) is 1. The third kappa shape index (κ3) is 3.07. The Balaban J connectivity index is 1.84. The number of methoxy groups -OCH3 is 1. The highest BCUT2D eigenvalue weighted by Crippen LogP contribution is 2.29. The van der Waals surface area contributed by atoms with Crippen LogP contribution in [0.2, 0.25) is 0 Å². The molecule has 6 heteroatoms. The predicted molar refractivity (Wildman–Crippen MR) is 87.3 cm³/mol. The molecule has 0 saturated carbocycles. The largest absolute Gasteiger partial charge is 0.383 e. The Kier molecular flexibility index (Phi) is 4.77. The van der Waals surface area contributed by atoms with Crippen molar-refractivity contribution in [3.8, 4) is 0 Å². The van der Waals surface area contributed by atoms with Crippen molar-refractivity contribution in [3.63, 3.8) is 0 Å². The first-order valence-corrected chi connectivity index (χ1v) is 8.60. The van der Waals surface area contributed by atoms with Crippen molar-refractivity contribution in [1.29, 1.82) is 0 Å². The molecule has 3 heterocycles. The Hall–Kier alpha value is -1.11. The zero-order valence-electron chi connectivity index (χ0n) is 12.8. The van der Waals surface area contributed by atoms with Gasteiger partial charge in [-0.25, -0.2) is 4.98 Å². The van der Waals surface area contributed by atoms with Crippen molar-refractivity contribution in [1.82, 2.24) is 14.7 Å². The van der Waals surface area contributed by atoms with Crippen LogP contribution >= 0.6 is 11.3 Å². The number of anilines is 1. The van der Waals surface area contributed by atoms with E-state index in [2.05, 4.69) is 33.1 Å². The molecule has 21 heavy (non-hydrogen) atoms. The van der Waals surface area contributed by atoms with Crippen molar-refractivity contribution in [2.45, 2.75) is 38.8 Å². The fraction of sp³-hybridized carbons (Fsp3) is 0.667. The number of imidazole rings is 1. The van der Waals surface area contributed by atoms with Crippen molar-refractivity contribution in [2.24, 2.45) is 0 Å². The van der Waals surface area contributed by atoms with Crippen LogP contribution in [0.1, 0.15) is 31.9 Å². The molecule has 1 unspecified atom stereocenters. The van der Waals surface area contributed by atoms with Crippen LogP contribution in [-0.4, -0.2) is 42.2 Å². The van der Waals surface area contributed by atoms with E-state index in [9.17, 15) is 0 Å². The maximum Gasteiger partial charge on any atom is 0.195 e. The standard InChI is InChI=1S/C15H24N4OS/c1-12-5-3-4-7-18(12)14-13(11-16-6-9-20-2)19-8-10-21-15(19)17-14/h8,10,12,16H,3-7,9,11H2,1-2H3. The molecule has 1 aliphatic heterocycles. The molecule has 1 fully saturated rings. The summed E-state index contributed by atoms with van der Waals surface area (Å²) in [6.07, 6.45) is 5.99. The molecule has 0 radical (unpaired) electrons. The highest BCUT2D eigenvalue weighted by Gasteiger charge is 2.24. The lowest BCUT2D eigenvalue weighted by molar-refractivity contribution is 0.199. The van der Waals surface area contributed by atoms with Gasteiger partial charge in [-0.05, 0) is 26.2 Å². The van der Waals surface area contributed by atoms with Gasteiger partial charge in [-0.15, -0.1) is 11.3 Å².